The van der Waals surface area contributed by atoms with Crippen molar-refractivity contribution in [2.24, 2.45) is 0 Å². The quantitative estimate of drug-likeness (QED) is 0.374. The van der Waals surface area contributed by atoms with Gasteiger partial charge in [-0.2, -0.15) is 0 Å². The number of fused-ring (bicyclic) bond motifs is 3. The summed E-state index contributed by atoms with van der Waals surface area (Å²) >= 11 is 2.92. The molecule has 2 heterocycles. The van der Waals surface area contributed by atoms with Gasteiger partial charge in [-0.05, 0) is 43.9 Å². The maximum Gasteiger partial charge on any atom is 0.263 e. The number of allylic oxidation sites excluding steroid dienone is 1. The highest BCUT2D eigenvalue weighted by molar-refractivity contribution is 8.00. The van der Waals surface area contributed by atoms with Gasteiger partial charge in [-0.15, -0.1) is 17.9 Å². The van der Waals surface area contributed by atoms with Gasteiger partial charge in [0.15, 0.2) is 5.16 Å². The van der Waals surface area contributed by atoms with Crippen molar-refractivity contribution >= 4 is 44.9 Å². The van der Waals surface area contributed by atoms with E-state index in [4.69, 9.17) is 4.98 Å². The molecule has 0 saturated carbocycles. The Morgan fingerprint density at radius 2 is 2.18 bits per heavy atom. The summed E-state index contributed by atoms with van der Waals surface area (Å²) in [6.07, 6.45) is 4.77. The average Bonchev–Trinajstić information content (AvgIpc) is 3.26. The van der Waals surface area contributed by atoms with E-state index in [9.17, 15) is 9.59 Å². The Labute approximate surface area is 171 Å². The number of thiophene rings is 1. The van der Waals surface area contributed by atoms with E-state index in [-0.39, 0.29) is 11.5 Å². The zero-order chi connectivity index (χ0) is 19.7. The Bertz CT molecular complexity index is 1100. The van der Waals surface area contributed by atoms with Crippen molar-refractivity contribution in [1.82, 2.24) is 9.55 Å². The van der Waals surface area contributed by atoms with Crippen molar-refractivity contribution in [2.45, 2.75) is 43.1 Å². The number of hydrogen-bond acceptors (Lipinski definition) is 5. The Morgan fingerprint density at radius 3 is 2.93 bits per heavy atom. The van der Waals surface area contributed by atoms with Crippen molar-refractivity contribution in [3.63, 3.8) is 0 Å². The first-order chi connectivity index (χ1) is 13.6. The summed E-state index contributed by atoms with van der Waals surface area (Å²) in [6, 6.07) is 9.35. The number of para-hydroxylation sites is 1. The highest BCUT2D eigenvalue weighted by Crippen LogP contribution is 2.36. The van der Waals surface area contributed by atoms with Gasteiger partial charge < -0.3 is 5.32 Å². The molecule has 3 aromatic rings. The van der Waals surface area contributed by atoms with E-state index >= 15 is 0 Å². The second kappa shape index (κ2) is 7.93. The summed E-state index contributed by atoms with van der Waals surface area (Å²) in [5, 5.41) is 3.83. The summed E-state index contributed by atoms with van der Waals surface area (Å²) in [6.45, 7) is 5.98. The molecule has 1 amide bonds. The number of amides is 1. The van der Waals surface area contributed by atoms with Crippen LogP contribution in [0.4, 0.5) is 5.69 Å². The van der Waals surface area contributed by atoms with Gasteiger partial charge in [-0.25, -0.2) is 4.98 Å². The zero-order valence-corrected chi connectivity index (χ0v) is 17.2. The van der Waals surface area contributed by atoms with Crippen LogP contribution in [0, 0.1) is 0 Å². The average molecular weight is 412 g/mol. The van der Waals surface area contributed by atoms with Gasteiger partial charge in [0.25, 0.3) is 5.56 Å². The highest BCUT2D eigenvalue weighted by atomic mass is 32.2. The Morgan fingerprint density at radius 1 is 1.39 bits per heavy atom. The van der Waals surface area contributed by atoms with Crippen LogP contribution in [0.25, 0.3) is 10.2 Å². The highest BCUT2D eigenvalue weighted by Gasteiger charge is 2.24. The van der Waals surface area contributed by atoms with Crippen molar-refractivity contribution in [3.05, 3.63) is 63.8 Å². The molecule has 4 rings (SSSR count). The van der Waals surface area contributed by atoms with Gasteiger partial charge in [-0.3, -0.25) is 14.2 Å². The molecule has 0 spiro atoms. The number of aryl methyl sites for hydroxylation is 2. The van der Waals surface area contributed by atoms with Crippen LogP contribution in [-0.2, 0) is 24.2 Å². The van der Waals surface area contributed by atoms with E-state index in [1.54, 1.807) is 22.0 Å². The zero-order valence-electron chi connectivity index (χ0n) is 15.6. The van der Waals surface area contributed by atoms with Crippen molar-refractivity contribution < 1.29 is 4.79 Å². The predicted octanol–water partition coefficient (Wildman–Crippen LogP) is 4.25. The lowest BCUT2D eigenvalue weighted by molar-refractivity contribution is -0.115. The first-order valence-electron chi connectivity index (χ1n) is 9.27. The number of rotatable bonds is 6. The minimum atomic E-state index is -0.396. The summed E-state index contributed by atoms with van der Waals surface area (Å²) in [4.78, 5) is 32.6. The number of nitrogens with zero attached hydrogens (tertiary/aromatic N) is 2. The number of carbonyl (C=O) groups is 1. The number of thioether (sulfide) groups is 1. The number of hydrogen-bond donors (Lipinski definition) is 1. The first-order valence-corrected chi connectivity index (χ1v) is 11.0. The minimum absolute atomic E-state index is 0.0255. The van der Waals surface area contributed by atoms with E-state index in [0.29, 0.717) is 11.7 Å². The molecule has 2 aromatic heterocycles. The molecule has 0 aliphatic heterocycles. The molecular weight excluding hydrogens is 390 g/mol. The van der Waals surface area contributed by atoms with E-state index in [2.05, 4.69) is 11.9 Å². The number of anilines is 1. The largest absolute Gasteiger partial charge is 0.325 e. The number of carbonyl (C=O) groups excluding carboxylic acids is 1. The first kappa shape index (κ1) is 19.0. The summed E-state index contributed by atoms with van der Waals surface area (Å²) < 4.78 is 1.64. The van der Waals surface area contributed by atoms with E-state index in [0.717, 1.165) is 35.2 Å². The smallest absolute Gasteiger partial charge is 0.263 e. The van der Waals surface area contributed by atoms with Crippen LogP contribution in [-0.4, -0.2) is 20.7 Å². The number of nitrogens with one attached hydrogen (secondary N) is 1. The monoisotopic (exact) mass is 411 g/mol. The minimum Gasteiger partial charge on any atom is -0.325 e. The molecule has 0 unspecified atom stereocenters. The van der Waals surface area contributed by atoms with E-state index in [1.807, 2.05) is 37.3 Å². The fourth-order valence-corrected chi connectivity index (χ4v) is 5.64. The molecule has 1 aliphatic carbocycles. The Kier molecular flexibility index (Phi) is 5.37. The maximum absolute atomic E-state index is 13.2. The molecule has 7 heteroatoms. The topological polar surface area (TPSA) is 64.0 Å². The molecule has 0 saturated heterocycles. The summed E-state index contributed by atoms with van der Waals surface area (Å²) in [5.41, 5.74) is 1.89. The maximum atomic E-state index is 13.2. The lowest BCUT2D eigenvalue weighted by atomic mass is 10.2. The normalized spacial score (nSPS) is 14.0. The van der Waals surface area contributed by atoms with Gasteiger partial charge in [-0.1, -0.05) is 36.0 Å². The van der Waals surface area contributed by atoms with Crippen LogP contribution >= 0.6 is 23.1 Å². The molecule has 144 valence electrons. The van der Waals surface area contributed by atoms with Gasteiger partial charge in [0.05, 0.1) is 10.6 Å². The van der Waals surface area contributed by atoms with Crippen molar-refractivity contribution in [2.75, 3.05) is 5.32 Å². The van der Waals surface area contributed by atoms with Gasteiger partial charge in [0.2, 0.25) is 5.91 Å². The van der Waals surface area contributed by atoms with E-state index < -0.39 is 5.25 Å². The molecule has 0 radical (unpaired) electrons. The van der Waals surface area contributed by atoms with Crippen molar-refractivity contribution in [3.8, 4) is 0 Å². The number of benzene rings is 1. The number of aromatic nitrogens is 2. The molecule has 1 aromatic carbocycles. The second-order valence-corrected chi connectivity index (χ2v) is 9.14. The van der Waals surface area contributed by atoms with Crippen LogP contribution in [0.5, 0.6) is 0 Å². The van der Waals surface area contributed by atoms with Gasteiger partial charge in [0, 0.05) is 17.1 Å². The summed E-state index contributed by atoms with van der Waals surface area (Å²) in [5.74, 6) is -0.121. The molecule has 1 aliphatic rings. The molecule has 1 atom stereocenters. The standard InChI is InChI=1S/C21H21N3O2S2/c1-3-12-24-20(26)17-15-10-7-11-16(15)28-19(17)23-21(24)27-13(2)18(25)22-14-8-5-4-6-9-14/h3-6,8-9,13H,1,7,10-12H2,2H3,(H,22,25)/t13-/m1/s1. The third kappa shape index (κ3) is 3.52. The fraction of sp³-hybridized carbons (Fsp3) is 0.286. The molecule has 28 heavy (non-hydrogen) atoms. The third-order valence-corrected chi connectivity index (χ3v) is 7.07. The SMILES string of the molecule is C=CCn1c(S[C@H](C)C(=O)Nc2ccccc2)nc2sc3c(c2c1=O)CCC3. The lowest BCUT2D eigenvalue weighted by Crippen LogP contribution is -2.26. The van der Waals surface area contributed by atoms with Gasteiger partial charge in [0.1, 0.15) is 4.83 Å². The molecule has 1 N–H and O–H groups in total. The molecule has 0 fully saturated rings. The fourth-order valence-electron chi connectivity index (χ4n) is 3.42. The Balaban J connectivity index is 1.65. The van der Waals surface area contributed by atoms with Gasteiger partial charge >= 0.3 is 0 Å². The van der Waals surface area contributed by atoms with Crippen LogP contribution in [0.1, 0.15) is 23.8 Å². The molecule has 5 nitrogen and oxygen atoms in total. The van der Waals surface area contributed by atoms with Crippen LogP contribution in [0.15, 0.2) is 52.9 Å². The van der Waals surface area contributed by atoms with Crippen LogP contribution < -0.4 is 10.9 Å². The summed E-state index contributed by atoms with van der Waals surface area (Å²) in [7, 11) is 0. The third-order valence-electron chi connectivity index (χ3n) is 4.79. The van der Waals surface area contributed by atoms with E-state index in [1.165, 1.54) is 22.2 Å². The van der Waals surface area contributed by atoms with Crippen molar-refractivity contribution in [1.29, 1.82) is 0 Å². The second-order valence-electron chi connectivity index (χ2n) is 6.75. The Hall–Kier alpha value is -2.38. The predicted molar refractivity (Wildman–Crippen MR) is 116 cm³/mol. The lowest BCUT2D eigenvalue weighted by Gasteiger charge is -2.15. The molecular formula is C21H21N3O2S2. The van der Waals surface area contributed by atoms with Crippen LogP contribution in [0.3, 0.4) is 0 Å². The van der Waals surface area contributed by atoms with Crippen LogP contribution in [0.2, 0.25) is 0 Å². The molecule has 0 bridgehead atoms.